The van der Waals surface area contributed by atoms with E-state index in [2.05, 4.69) is 41.9 Å². The Balaban J connectivity index is 6.47. The Kier molecular flexibility index (Phi) is 24.8. The van der Waals surface area contributed by atoms with E-state index in [0.717, 1.165) is 6.92 Å². The number of carbonyl (C=O) groups excluding carboxylic acids is 6. The minimum absolute atomic E-state index is 0.00665. The Morgan fingerprint density at radius 3 is 1.35 bits per heavy atom. The number of aliphatic hydroxyl groups excluding tert-OH is 2. The highest BCUT2D eigenvalue weighted by Gasteiger charge is 2.34. The molecule has 26 nitrogen and oxygen atoms in total. The van der Waals surface area contributed by atoms with Gasteiger partial charge >= 0.3 is 11.9 Å². The summed E-state index contributed by atoms with van der Waals surface area (Å²) in [6, 6.07) is -9.57. The first-order valence-electron chi connectivity index (χ1n) is 17.8. The second-order valence-electron chi connectivity index (χ2n) is 12.6. The highest BCUT2D eigenvalue weighted by molar-refractivity contribution is 5.98. The Hall–Kier alpha value is -5.86. The minimum atomic E-state index is -1.86. The van der Waals surface area contributed by atoms with Crippen molar-refractivity contribution >= 4 is 59.3 Å². The number of carboxylic acids is 2. The second-order valence-corrected chi connectivity index (χ2v) is 12.6. The first-order valence-corrected chi connectivity index (χ1v) is 17.8. The smallest absolute Gasteiger partial charge is 0.328 e. The van der Waals surface area contributed by atoms with Gasteiger partial charge in [-0.1, -0.05) is 0 Å². The van der Waals surface area contributed by atoms with Crippen LogP contribution in [0.5, 0.6) is 0 Å². The Labute approximate surface area is 327 Å². The lowest BCUT2D eigenvalue weighted by molar-refractivity contribution is -0.145. The third kappa shape index (κ3) is 21.7. The minimum Gasteiger partial charge on any atom is -0.481 e. The number of amides is 6. The lowest BCUT2D eigenvalue weighted by Crippen LogP contribution is -2.60. The fourth-order valence-electron chi connectivity index (χ4n) is 4.87. The number of rotatable bonds is 29. The third-order valence-corrected chi connectivity index (χ3v) is 7.81. The molecule has 0 aliphatic rings. The Morgan fingerprint density at radius 2 is 0.982 bits per heavy atom. The molecule has 0 saturated heterocycles. The van der Waals surface area contributed by atoms with Gasteiger partial charge in [-0.3, -0.25) is 43.5 Å². The molecule has 57 heavy (non-hydrogen) atoms. The number of carbonyl (C=O) groups is 8. The number of carboxylic acid groups (broad SMARTS) is 2. The lowest BCUT2D eigenvalue weighted by Gasteiger charge is -2.27. The van der Waals surface area contributed by atoms with Crippen LogP contribution in [0.4, 0.5) is 0 Å². The average Bonchev–Trinajstić information content (AvgIpc) is 3.13. The monoisotopic (exact) mass is 818 g/mol. The summed E-state index contributed by atoms with van der Waals surface area (Å²) in [5, 5.41) is 52.2. The highest BCUT2D eigenvalue weighted by atomic mass is 16.4. The summed E-state index contributed by atoms with van der Waals surface area (Å²) in [6.45, 7) is -0.112. The zero-order valence-corrected chi connectivity index (χ0v) is 31.6. The number of guanidine groups is 2. The molecule has 0 aromatic carbocycles. The number of nitrogens with zero attached hydrogens (tertiary/aromatic N) is 2. The van der Waals surface area contributed by atoms with E-state index in [0.29, 0.717) is 6.42 Å². The maximum Gasteiger partial charge on any atom is 0.328 e. The number of nitrogens with one attached hydrogen (secondary N) is 6. The first kappa shape index (κ1) is 51.1. The van der Waals surface area contributed by atoms with E-state index < -0.39 is 109 Å². The molecule has 0 aliphatic carbocycles. The summed E-state index contributed by atoms with van der Waals surface area (Å²) in [6.07, 6.45) is -2.20. The molecule has 0 heterocycles. The summed E-state index contributed by atoms with van der Waals surface area (Å²) in [7, 11) is 0. The van der Waals surface area contributed by atoms with Crippen molar-refractivity contribution in [2.24, 2.45) is 44.4 Å². The molecule has 0 aliphatic heterocycles. The van der Waals surface area contributed by atoms with Crippen LogP contribution in [0.2, 0.25) is 0 Å². The molecule has 0 bridgehead atoms. The van der Waals surface area contributed by atoms with Gasteiger partial charge in [-0.05, 0) is 58.4 Å². The van der Waals surface area contributed by atoms with Crippen molar-refractivity contribution < 1.29 is 58.8 Å². The summed E-state index contributed by atoms with van der Waals surface area (Å²) < 4.78 is 0. The molecular formula is C31H58N14O12. The van der Waals surface area contributed by atoms with Gasteiger partial charge in [0, 0.05) is 13.1 Å². The van der Waals surface area contributed by atoms with Crippen LogP contribution in [0, 0.1) is 0 Å². The molecule has 0 radical (unpaired) electrons. The van der Waals surface area contributed by atoms with Crippen molar-refractivity contribution in [1.29, 1.82) is 0 Å². The molecule has 324 valence electrons. The number of hydrogen-bond acceptors (Lipinski definition) is 14. The van der Waals surface area contributed by atoms with Gasteiger partial charge in [-0.2, -0.15) is 0 Å². The molecule has 7 unspecified atom stereocenters. The van der Waals surface area contributed by atoms with Crippen molar-refractivity contribution in [3.05, 3.63) is 0 Å². The molecule has 0 rings (SSSR count). The number of aliphatic carboxylic acids is 2. The first-order chi connectivity index (χ1) is 26.8. The van der Waals surface area contributed by atoms with Gasteiger partial charge in [0.15, 0.2) is 18.0 Å². The fraction of sp³-hybridized carbons (Fsp3) is 0.677. The molecule has 6 amide bonds. The fourth-order valence-corrected chi connectivity index (χ4v) is 4.87. The molecule has 7 atom stereocenters. The average molecular weight is 819 g/mol. The second kappa shape index (κ2) is 27.7. The topological polar surface area (TPSA) is 470 Å². The third-order valence-electron chi connectivity index (χ3n) is 7.81. The maximum absolute atomic E-state index is 13.7. The predicted octanol–water partition coefficient (Wildman–Crippen LogP) is -7.98. The highest BCUT2D eigenvalue weighted by Crippen LogP contribution is 2.08. The van der Waals surface area contributed by atoms with Gasteiger partial charge < -0.3 is 86.7 Å². The van der Waals surface area contributed by atoms with Crippen LogP contribution in [-0.2, 0) is 38.4 Å². The van der Waals surface area contributed by atoms with Gasteiger partial charge in [0.2, 0.25) is 35.4 Å². The Morgan fingerprint density at radius 1 is 0.579 bits per heavy atom. The van der Waals surface area contributed by atoms with E-state index in [1.54, 1.807) is 0 Å². The normalized spacial score (nSPS) is 14.4. The zero-order chi connectivity index (χ0) is 43.7. The van der Waals surface area contributed by atoms with Crippen LogP contribution in [0.25, 0.3) is 0 Å². The quantitative estimate of drug-likeness (QED) is 0.0189. The number of hydrogen-bond donors (Lipinski definition) is 16. The van der Waals surface area contributed by atoms with Crippen molar-refractivity contribution in [3.63, 3.8) is 0 Å². The summed E-state index contributed by atoms with van der Waals surface area (Å²) >= 11 is 0. The summed E-state index contributed by atoms with van der Waals surface area (Å²) in [5.74, 6) is -9.70. The number of nitrogens with two attached hydrogens (primary N) is 6. The van der Waals surface area contributed by atoms with Crippen LogP contribution in [0.1, 0.15) is 58.3 Å². The van der Waals surface area contributed by atoms with Crippen LogP contribution in [0.3, 0.4) is 0 Å². The van der Waals surface area contributed by atoms with Crippen molar-refractivity contribution in [2.75, 3.05) is 32.8 Å². The standard InChI is InChI=1S/C31H58N14O12/c1-15(47)23(29(56)57)45-26(53)18(8-5-11-39-31(36)37)41-24(51)16(6-2-3-9-32)42-27(54)19(12-22(49)50)44-25(52)17(7-4-10-38-30(34)35)43-28(55)20(14-46)40-21(48)13-33/h15-20,23,46-47H,2-14,32-33H2,1H3,(H,40,48)(H,41,51)(H,42,54)(H,43,55)(H,44,52)(H,45,53)(H,49,50)(H,56,57)(H4,34,35,38)(H4,36,37,39). The number of aliphatic hydroxyl groups is 2. The summed E-state index contributed by atoms with van der Waals surface area (Å²) in [5.41, 5.74) is 32.2. The van der Waals surface area contributed by atoms with E-state index in [4.69, 9.17) is 34.4 Å². The van der Waals surface area contributed by atoms with Gasteiger partial charge in [0.25, 0.3) is 0 Å². The largest absolute Gasteiger partial charge is 0.481 e. The van der Waals surface area contributed by atoms with E-state index in [9.17, 15) is 58.8 Å². The van der Waals surface area contributed by atoms with Crippen molar-refractivity contribution in [1.82, 2.24) is 31.9 Å². The van der Waals surface area contributed by atoms with E-state index in [-0.39, 0.29) is 70.1 Å². The van der Waals surface area contributed by atoms with Gasteiger partial charge in [-0.15, -0.1) is 0 Å². The number of unbranched alkanes of at least 4 members (excludes halogenated alkanes) is 1. The predicted molar refractivity (Wildman–Crippen MR) is 202 cm³/mol. The van der Waals surface area contributed by atoms with E-state index >= 15 is 0 Å². The van der Waals surface area contributed by atoms with Crippen LogP contribution < -0.4 is 66.3 Å². The molecule has 0 aromatic rings. The van der Waals surface area contributed by atoms with Crippen molar-refractivity contribution in [2.45, 2.75) is 101 Å². The molecule has 26 heteroatoms. The van der Waals surface area contributed by atoms with Crippen molar-refractivity contribution in [3.8, 4) is 0 Å². The Bertz CT molecular complexity index is 1420. The van der Waals surface area contributed by atoms with E-state index in [1.807, 2.05) is 0 Å². The molecule has 0 saturated carbocycles. The SMILES string of the molecule is CC(O)C(NC(=O)C(CCCN=C(N)N)NC(=O)C(CCCCN)NC(=O)C(CC(=O)O)NC(=O)C(CCCN=C(N)N)NC(=O)C(CO)NC(=O)CN)C(=O)O. The molecule has 22 N–H and O–H groups in total. The van der Waals surface area contributed by atoms with Gasteiger partial charge in [-0.25, -0.2) is 4.79 Å². The maximum atomic E-state index is 13.7. The van der Waals surface area contributed by atoms with Gasteiger partial charge in [0.05, 0.1) is 25.7 Å². The number of aliphatic imine (C=N–C) groups is 2. The van der Waals surface area contributed by atoms with E-state index in [1.165, 1.54) is 0 Å². The molecule has 0 fully saturated rings. The molecule has 0 aromatic heterocycles. The van der Waals surface area contributed by atoms with Crippen LogP contribution >= 0.6 is 0 Å². The van der Waals surface area contributed by atoms with Crippen LogP contribution in [0.15, 0.2) is 9.98 Å². The van der Waals surface area contributed by atoms with Crippen LogP contribution in [-0.4, -0.2) is 155 Å². The molecular weight excluding hydrogens is 760 g/mol. The zero-order valence-electron chi connectivity index (χ0n) is 31.6. The lowest BCUT2D eigenvalue weighted by atomic mass is 10.0. The molecule has 0 spiro atoms. The summed E-state index contributed by atoms with van der Waals surface area (Å²) in [4.78, 5) is 110. The van der Waals surface area contributed by atoms with Gasteiger partial charge in [0.1, 0.15) is 30.2 Å².